The highest BCUT2D eigenvalue weighted by Gasteiger charge is 2.12. The highest BCUT2D eigenvalue weighted by molar-refractivity contribution is 6.32. The van der Waals surface area contributed by atoms with Gasteiger partial charge >= 0.3 is 0 Å². The quantitative estimate of drug-likeness (QED) is 0.892. The van der Waals surface area contributed by atoms with Gasteiger partial charge in [-0.1, -0.05) is 11.6 Å². The van der Waals surface area contributed by atoms with Crippen molar-refractivity contribution in [3.63, 3.8) is 0 Å². The third-order valence-corrected chi connectivity index (χ3v) is 2.29. The summed E-state index contributed by atoms with van der Waals surface area (Å²) in [7, 11) is 1.47. The number of ketones is 1. The third kappa shape index (κ3) is 3.92. The van der Waals surface area contributed by atoms with Crippen LogP contribution in [0.4, 0.5) is 5.69 Å². The van der Waals surface area contributed by atoms with Crippen LogP contribution in [0.15, 0.2) is 12.1 Å². The minimum Gasteiger partial charge on any atom is -0.495 e. The zero-order chi connectivity index (χ0) is 13.7. The molecule has 0 spiro atoms. The first-order chi connectivity index (χ1) is 8.43. The number of benzene rings is 1. The summed E-state index contributed by atoms with van der Waals surface area (Å²) in [5.41, 5.74) is 0.438. The number of methoxy groups -OCH3 is 1. The van der Waals surface area contributed by atoms with Crippen molar-refractivity contribution in [3.05, 3.63) is 17.2 Å². The molecule has 0 aliphatic carbocycles. The Morgan fingerprint density at radius 2 is 1.94 bits per heavy atom. The van der Waals surface area contributed by atoms with Gasteiger partial charge in [0, 0.05) is 19.1 Å². The van der Waals surface area contributed by atoms with Gasteiger partial charge in [0.1, 0.15) is 18.1 Å². The van der Waals surface area contributed by atoms with E-state index in [1.165, 1.54) is 33.1 Å². The largest absolute Gasteiger partial charge is 0.495 e. The van der Waals surface area contributed by atoms with Gasteiger partial charge in [-0.3, -0.25) is 9.59 Å². The summed E-state index contributed by atoms with van der Waals surface area (Å²) in [6, 6.07) is 3.04. The van der Waals surface area contributed by atoms with Crippen molar-refractivity contribution in [3.8, 4) is 11.5 Å². The molecule has 98 valence electrons. The molecule has 0 unspecified atom stereocenters. The Bertz CT molecular complexity index is 473. The predicted octanol–water partition coefficient (Wildman–Crippen LogP) is 2.27. The van der Waals surface area contributed by atoms with Gasteiger partial charge in [0.05, 0.1) is 17.8 Å². The molecule has 6 heteroatoms. The molecule has 0 fully saturated rings. The van der Waals surface area contributed by atoms with E-state index < -0.39 is 0 Å². The second-order valence-corrected chi connectivity index (χ2v) is 4.06. The van der Waals surface area contributed by atoms with Crippen LogP contribution in [0, 0.1) is 0 Å². The molecule has 0 saturated heterocycles. The lowest BCUT2D eigenvalue weighted by atomic mass is 10.2. The number of ether oxygens (including phenoxy) is 2. The van der Waals surface area contributed by atoms with E-state index in [-0.39, 0.29) is 18.3 Å². The zero-order valence-electron chi connectivity index (χ0n) is 10.4. The zero-order valence-corrected chi connectivity index (χ0v) is 11.1. The van der Waals surface area contributed by atoms with Crippen LogP contribution in [0.1, 0.15) is 13.8 Å². The van der Waals surface area contributed by atoms with Crippen LogP contribution in [-0.2, 0) is 9.59 Å². The van der Waals surface area contributed by atoms with Gasteiger partial charge in [-0.05, 0) is 6.92 Å². The van der Waals surface area contributed by atoms with E-state index in [0.717, 1.165) is 0 Å². The summed E-state index contributed by atoms with van der Waals surface area (Å²) in [4.78, 5) is 21.9. The molecule has 0 aromatic heterocycles. The van der Waals surface area contributed by atoms with Gasteiger partial charge < -0.3 is 14.8 Å². The molecule has 0 bridgehead atoms. The Balaban J connectivity index is 3.04. The first-order valence-corrected chi connectivity index (χ1v) is 5.59. The molecule has 1 amide bonds. The number of rotatable bonds is 5. The van der Waals surface area contributed by atoms with Crippen molar-refractivity contribution in [1.29, 1.82) is 0 Å². The Hall–Kier alpha value is -1.75. The smallest absolute Gasteiger partial charge is 0.221 e. The summed E-state index contributed by atoms with van der Waals surface area (Å²) in [6.45, 7) is 2.71. The topological polar surface area (TPSA) is 64.6 Å². The minimum atomic E-state index is -0.242. The van der Waals surface area contributed by atoms with Gasteiger partial charge in [-0.15, -0.1) is 0 Å². The number of carbonyl (C=O) groups is 2. The molecular formula is C12H14ClNO4. The van der Waals surface area contributed by atoms with Crippen molar-refractivity contribution in [2.24, 2.45) is 0 Å². The average molecular weight is 272 g/mol. The molecule has 1 rings (SSSR count). The van der Waals surface area contributed by atoms with E-state index in [2.05, 4.69) is 5.32 Å². The van der Waals surface area contributed by atoms with E-state index in [0.29, 0.717) is 22.2 Å². The number of carbonyl (C=O) groups excluding carboxylic acids is 2. The maximum atomic E-state index is 11.0. The SMILES string of the molecule is COc1cc(Cl)c(OCC(C)=O)cc1NC(C)=O. The number of hydrogen-bond donors (Lipinski definition) is 1. The number of amides is 1. The van der Waals surface area contributed by atoms with E-state index >= 15 is 0 Å². The molecule has 1 aromatic rings. The molecule has 0 aliphatic rings. The van der Waals surface area contributed by atoms with Crippen molar-refractivity contribution in [2.45, 2.75) is 13.8 Å². The molecule has 0 radical (unpaired) electrons. The monoisotopic (exact) mass is 271 g/mol. The summed E-state index contributed by atoms with van der Waals surface area (Å²) in [5, 5.41) is 2.90. The van der Waals surface area contributed by atoms with E-state index in [9.17, 15) is 9.59 Å². The number of nitrogens with one attached hydrogen (secondary N) is 1. The molecule has 1 aromatic carbocycles. The fourth-order valence-electron chi connectivity index (χ4n) is 1.28. The number of anilines is 1. The number of halogens is 1. The lowest BCUT2D eigenvalue weighted by Crippen LogP contribution is -2.09. The summed E-state index contributed by atoms with van der Waals surface area (Å²) >= 11 is 5.97. The van der Waals surface area contributed by atoms with Crippen LogP contribution < -0.4 is 14.8 Å². The Morgan fingerprint density at radius 3 is 2.44 bits per heavy atom. The fraction of sp³-hybridized carbons (Fsp3) is 0.333. The predicted molar refractivity (Wildman–Crippen MR) is 68.5 cm³/mol. The Morgan fingerprint density at radius 1 is 1.28 bits per heavy atom. The Kier molecular flexibility index (Phi) is 4.97. The summed E-state index contributed by atoms with van der Waals surface area (Å²) < 4.78 is 10.3. The lowest BCUT2D eigenvalue weighted by Gasteiger charge is -2.13. The van der Waals surface area contributed by atoms with Gasteiger partial charge in [0.15, 0.2) is 5.78 Å². The molecule has 0 aliphatic heterocycles. The van der Waals surface area contributed by atoms with Crippen molar-refractivity contribution < 1.29 is 19.1 Å². The normalized spacial score (nSPS) is 9.78. The number of Topliss-reactive ketones (excluding diaryl/α,β-unsaturated/α-hetero) is 1. The van der Waals surface area contributed by atoms with Gasteiger partial charge in [0.2, 0.25) is 5.91 Å². The molecular weight excluding hydrogens is 258 g/mol. The van der Waals surface area contributed by atoms with Crippen molar-refractivity contribution in [1.82, 2.24) is 0 Å². The maximum Gasteiger partial charge on any atom is 0.221 e. The minimum absolute atomic E-state index is 0.0778. The molecule has 5 nitrogen and oxygen atoms in total. The summed E-state index contributed by atoms with van der Waals surface area (Å²) in [5.74, 6) is 0.373. The van der Waals surface area contributed by atoms with Crippen LogP contribution in [0.2, 0.25) is 5.02 Å². The van der Waals surface area contributed by atoms with Crippen LogP contribution >= 0.6 is 11.6 Å². The first-order valence-electron chi connectivity index (χ1n) is 5.21. The standard InChI is InChI=1S/C12H14ClNO4/c1-7(15)6-18-11-5-10(14-8(2)16)12(17-3)4-9(11)13/h4-5H,6H2,1-3H3,(H,14,16). The van der Waals surface area contributed by atoms with Crippen molar-refractivity contribution >= 4 is 29.0 Å². The molecule has 0 saturated carbocycles. The van der Waals surface area contributed by atoms with Crippen LogP contribution in [0.3, 0.4) is 0 Å². The highest BCUT2D eigenvalue weighted by atomic mass is 35.5. The van der Waals surface area contributed by atoms with Crippen molar-refractivity contribution in [2.75, 3.05) is 19.0 Å². The molecule has 1 N–H and O–H groups in total. The van der Waals surface area contributed by atoms with E-state index in [4.69, 9.17) is 21.1 Å². The van der Waals surface area contributed by atoms with Crippen LogP contribution in [0.5, 0.6) is 11.5 Å². The van der Waals surface area contributed by atoms with E-state index in [1.54, 1.807) is 0 Å². The molecule has 0 heterocycles. The van der Waals surface area contributed by atoms with Gasteiger partial charge in [0.25, 0.3) is 0 Å². The molecule has 0 atom stereocenters. The number of hydrogen-bond acceptors (Lipinski definition) is 4. The second kappa shape index (κ2) is 6.26. The molecule has 18 heavy (non-hydrogen) atoms. The summed E-state index contributed by atoms with van der Waals surface area (Å²) in [6.07, 6.45) is 0. The average Bonchev–Trinajstić information content (AvgIpc) is 2.28. The second-order valence-electron chi connectivity index (χ2n) is 3.65. The Labute approximate surface area is 110 Å². The first kappa shape index (κ1) is 14.3. The van der Waals surface area contributed by atoms with Gasteiger partial charge in [-0.2, -0.15) is 0 Å². The van der Waals surface area contributed by atoms with Crippen LogP contribution in [-0.4, -0.2) is 25.4 Å². The van der Waals surface area contributed by atoms with Gasteiger partial charge in [-0.25, -0.2) is 0 Å². The van der Waals surface area contributed by atoms with Crippen LogP contribution in [0.25, 0.3) is 0 Å². The maximum absolute atomic E-state index is 11.0. The fourth-order valence-corrected chi connectivity index (χ4v) is 1.49. The lowest BCUT2D eigenvalue weighted by molar-refractivity contribution is -0.119. The third-order valence-electron chi connectivity index (χ3n) is 2.00. The van der Waals surface area contributed by atoms with E-state index in [1.807, 2.05) is 0 Å². The highest BCUT2D eigenvalue weighted by Crippen LogP contribution is 2.36.